The number of carbonyl (C=O) groups is 2. The lowest BCUT2D eigenvalue weighted by molar-refractivity contribution is 0.0741. The molecule has 7 nitrogen and oxygen atoms in total. The maximum Gasteiger partial charge on any atom is 0.255 e. The largest absolute Gasteiger partial charge is 0.496 e. The molecule has 1 aliphatic rings. The number of aromatic nitrogens is 1. The molecule has 1 N–H and O–H groups in total. The summed E-state index contributed by atoms with van der Waals surface area (Å²) in [7, 11) is 1.60. The normalized spacial score (nSPS) is 14.2. The monoisotopic (exact) mass is 405 g/mol. The van der Waals surface area contributed by atoms with Gasteiger partial charge < -0.3 is 19.7 Å². The lowest BCUT2D eigenvalue weighted by Gasteiger charge is -2.20. The number of benzene rings is 2. The quantitative estimate of drug-likeness (QED) is 0.720. The summed E-state index contributed by atoms with van der Waals surface area (Å²) in [5, 5.41) is 3.71. The molecule has 30 heavy (non-hydrogen) atoms. The molecule has 1 aromatic heterocycles. The maximum atomic E-state index is 12.8. The molecule has 2 aromatic carbocycles. The zero-order valence-corrected chi connectivity index (χ0v) is 16.8. The Balaban J connectivity index is 1.51. The first kappa shape index (κ1) is 19.8. The van der Waals surface area contributed by atoms with Gasteiger partial charge in [-0.1, -0.05) is 6.07 Å². The molecule has 0 atom stereocenters. The van der Waals surface area contributed by atoms with Gasteiger partial charge in [-0.15, -0.1) is 0 Å². The number of rotatable bonds is 4. The van der Waals surface area contributed by atoms with Crippen LogP contribution in [-0.4, -0.2) is 55.1 Å². The number of hydrogen-bond donors (Lipinski definition) is 1. The van der Waals surface area contributed by atoms with Gasteiger partial charge >= 0.3 is 0 Å². The Morgan fingerprint density at radius 1 is 1.07 bits per heavy atom. The fourth-order valence-electron chi connectivity index (χ4n) is 3.51. The molecule has 0 bridgehead atoms. The van der Waals surface area contributed by atoms with Crippen LogP contribution in [0, 0.1) is 0 Å². The molecule has 1 fully saturated rings. The summed E-state index contributed by atoms with van der Waals surface area (Å²) in [5.41, 5.74) is 2.26. The minimum atomic E-state index is -0.269. The Labute approximate surface area is 174 Å². The molecule has 1 aliphatic heterocycles. The fraction of sp³-hybridized carbons (Fsp3) is 0.261. The summed E-state index contributed by atoms with van der Waals surface area (Å²) < 4.78 is 10.7. The minimum absolute atomic E-state index is 0.0569. The molecule has 0 aliphatic carbocycles. The van der Waals surface area contributed by atoms with E-state index >= 15 is 0 Å². The molecule has 4 rings (SSSR count). The second kappa shape index (κ2) is 8.92. The van der Waals surface area contributed by atoms with Gasteiger partial charge in [0.2, 0.25) is 0 Å². The minimum Gasteiger partial charge on any atom is -0.496 e. The highest BCUT2D eigenvalue weighted by Gasteiger charge is 2.18. The standard InChI is InChI=1S/C23H23N3O4/c1-29-21-8-9-24-20-15-16(6-7-19(20)21)22(27)25-18-5-2-4-17(14-18)23(28)26-10-3-12-30-13-11-26/h2,4-9,14-15H,3,10-13H2,1H3,(H,25,27). The van der Waals surface area contributed by atoms with E-state index in [9.17, 15) is 9.59 Å². The van der Waals surface area contributed by atoms with Crippen LogP contribution in [0.5, 0.6) is 5.75 Å². The molecule has 7 heteroatoms. The molecule has 0 spiro atoms. The van der Waals surface area contributed by atoms with Crippen molar-refractivity contribution in [3.8, 4) is 5.75 Å². The van der Waals surface area contributed by atoms with Crippen LogP contribution in [0.25, 0.3) is 10.9 Å². The molecule has 154 valence electrons. The first-order valence-corrected chi connectivity index (χ1v) is 9.87. The van der Waals surface area contributed by atoms with Crippen molar-refractivity contribution in [2.45, 2.75) is 6.42 Å². The predicted molar refractivity (Wildman–Crippen MR) is 114 cm³/mol. The van der Waals surface area contributed by atoms with Crippen molar-refractivity contribution < 1.29 is 19.1 Å². The van der Waals surface area contributed by atoms with Crippen molar-refractivity contribution in [2.75, 3.05) is 38.7 Å². The smallest absolute Gasteiger partial charge is 0.255 e. The highest BCUT2D eigenvalue weighted by atomic mass is 16.5. The van der Waals surface area contributed by atoms with Crippen LogP contribution in [0.1, 0.15) is 27.1 Å². The van der Waals surface area contributed by atoms with Gasteiger partial charge in [0.15, 0.2) is 0 Å². The van der Waals surface area contributed by atoms with Crippen LogP contribution in [-0.2, 0) is 4.74 Å². The number of carbonyl (C=O) groups excluding carboxylic acids is 2. The summed E-state index contributed by atoms with van der Waals surface area (Å²) >= 11 is 0. The Morgan fingerprint density at radius 2 is 1.97 bits per heavy atom. The lowest BCUT2D eigenvalue weighted by Crippen LogP contribution is -2.33. The van der Waals surface area contributed by atoms with Crippen LogP contribution in [0.15, 0.2) is 54.7 Å². The average Bonchev–Trinajstić information content (AvgIpc) is 3.07. The van der Waals surface area contributed by atoms with Crippen LogP contribution >= 0.6 is 0 Å². The Morgan fingerprint density at radius 3 is 2.83 bits per heavy atom. The summed E-state index contributed by atoms with van der Waals surface area (Å²) in [6.07, 6.45) is 2.47. The Hall–Kier alpha value is -3.45. The predicted octanol–water partition coefficient (Wildman–Crippen LogP) is 3.36. The van der Waals surface area contributed by atoms with E-state index in [2.05, 4.69) is 10.3 Å². The summed E-state index contributed by atoms with van der Waals surface area (Å²) in [4.78, 5) is 31.7. The number of methoxy groups -OCH3 is 1. The average molecular weight is 405 g/mol. The number of fused-ring (bicyclic) bond motifs is 1. The van der Waals surface area contributed by atoms with E-state index in [1.165, 1.54) is 0 Å². The Bertz CT molecular complexity index is 1070. The van der Waals surface area contributed by atoms with Gasteiger partial charge in [-0.3, -0.25) is 14.6 Å². The highest BCUT2D eigenvalue weighted by Crippen LogP contribution is 2.24. The van der Waals surface area contributed by atoms with Crippen molar-refractivity contribution in [2.24, 2.45) is 0 Å². The van der Waals surface area contributed by atoms with Gasteiger partial charge in [-0.05, 0) is 48.9 Å². The van der Waals surface area contributed by atoms with Gasteiger partial charge in [0.05, 0.1) is 19.2 Å². The second-order valence-corrected chi connectivity index (χ2v) is 7.04. The lowest BCUT2D eigenvalue weighted by atomic mass is 10.1. The third-order valence-corrected chi connectivity index (χ3v) is 5.06. The van der Waals surface area contributed by atoms with E-state index in [1.807, 2.05) is 6.07 Å². The van der Waals surface area contributed by atoms with Gasteiger partial charge in [0, 0.05) is 48.1 Å². The molecular formula is C23H23N3O4. The summed E-state index contributed by atoms with van der Waals surface area (Å²) in [6, 6.07) is 14.0. The number of pyridine rings is 1. The van der Waals surface area contributed by atoms with Crippen molar-refractivity contribution >= 4 is 28.4 Å². The van der Waals surface area contributed by atoms with Crippen LogP contribution < -0.4 is 10.1 Å². The van der Waals surface area contributed by atoms with Crippen LogP contribution in [0.3, 0.4) is 0 Å². The number of amides is 2. The molecule has 0 unspecified atom stereocenters. The summed E-state index contributed by atoms with van der Waals surface area (Å²) in [5.74, 6) is 0.380. The van der Waals surface area contributed by atoms with E-state index in [1.54, 1.807) is 60.7 Å². The van der Waals surface area contributed by atoms with E-state index in [4.69, 9.17) is 9.47 Å². The number of anilines is 1. The third-order valence-electron chi connectivity index (χ3n) is 5.06. The zero-order valence-electron chi connectivity index (χ0n) is 16.8. The maximum absolute atomic E-state index is 12.8. The first-order chi connectivity index (χ1) is 14.7. The molecule has 2 heterocycles. The van der Waals surface area contributed by atoms with E-state index in [-0.39, 0.29) is 11.8 Å². The topological polar surface area (TPSA) is 80.8 Å². The number of hydrogen-bond acceptors (Lipinski definition) is 5. The van der Waals surface area contributed by atoms with E-state index < -0.39 is 0 Å². The van der Waals surface area contributed by atoms with Crippen LogP contribution in [0.4, 0.5) is 5.69 Å². The third kappa shape index (κ3) is 4.26. The summed E-state index contributed by atoms with van der Waals surface area (Å²) in [6.45, 7) is 2.46. The number of ether oxygens (including phenoxy) is 2. The molecule has 2 amide bonds. The van der Waals surface area contributed by atoms with Gasteiger partial charge in [-0.2, -0.15) is 0 Å². The fourth-order valence-corrected chi connectivity index (χ4v) is 3.51. The van der Waals surface area contributed by atoms with Crippen molar-refractivity contribution in [3.05, 3.63) is 65.9 Å². The van der Waals surface area contributed by atoms with Gasteiger partial charge in [0.25, 0.3) is 11.8 Å². The Kier molecular flexibility index (Phi) is 5.90. The van der Waals surface area contributed by atoms with Crippen molar-refractivity contribution in [1.82, 2.24) is 9.88 Å². The van der Waals surface area contributed by atoms with E-state index in [0.717, 1.165) is 11.8 Å². The second-order valence-electron chi connectivity index (χ2n) is 7.04. The first-order valence-electron chi connectivity index (χ1n) is 9.87. The van der Waals surface area contributed by atoms with Gasteiger partial charge in [-0.25, -0.2) is 0 Å². The molecule has 1 saturated heterocycles. The SMILES string of the molecule is COc1ccnc2cc(C(=O)Nc3cccc(C(=O)N4CCCOCC4)c3)ccc12. The zero-order chi connectivity index (χ0) is 20.9. The number of nitrogens with one attached hydrogen (secondary N) is 1. The number of nitrogens with zero attached hydrogens (tertiary/aromatic N) is 2. The van der Waals surface area contributed by atoms with E-state index in [0.29, 0.717) is 54.4 Å². The van der Waals surface area contributed by atoms with Crippen LogP contribution in [0.2, 0.25) is 0 Å². The molecular weight excluding hydrogens is 382 g/mol. The molecule has 3 aromatic rings. The van der Waals surface area contributed by atoms with Crippen molar-refractivity contribution in [1.29, 1.82) is 0 Å². The molecule has 0 radical (unpaired) electrons. The highest BCUT2D eigenvalue weighted by molar-refractivity contribution is 6.07. The van der Waals surface area contributed by atoms with Crippen molar-refractivity contribution in [3.63, 3.8) is 0 Å². The van der Waals surface area contributed by atoms with Gasteiger partial charge in [0.1, 0.15) is 5.75 Å². The molecule has 0 saturated carbocycles.